The van der Waals surface area contributed by atoms with Crippen molar-refractivity contribution in [2.45, 2.75) is 25.4 Å². The third-order valence-corrected chi connectivity index (χ3v) is 3.72. The Hall–Kier alpha value is -0.740. The Balaban J connectivity index is 2.38. The lowest BCUT2D eigenvalue weighted by atomic mass is 9.93. The van der Waals surface area contributed by atoms with Crippen LogP contribution >= 0.6 is 11.6 Å². The first-order valence-corrected chi connectivity index (χ1v) is 5.80. The van der Waals surface area contributed by atoms with Crippen molar-refractivity contribution in [3.8, 4) is 0 Å². The molecule has 0 aliphatic heterocycles. The van der Waals surface area contributed by atoms with E-state index in [0.717, 1.165) is 18.9 Å². The summed E-state index contributed by atoms with van der Waals surface area (Å²) in [6, 6.07) is 3.91. The van der Waals surface area contributed by atoms with Gasteiger partial charge in [0.05, 0.1) is 5.56 Å². The van der Waals surface area contributed by atoms with Crippen molar-refractivity contribution in [3.05, 3.63) is 34.3 Å². The van der Waals surface area contributed by atoms with Crippen LogP contribution < -0.4 is 5.73 Å². The fourth-order valence-corrected chi connectivity index (χ4v) is 2.25. The van der Waals surface area contributed by atoms with E-state index in [1.807, 2.05) is 0 Å². The first kappa shape index (κ1) is 12.7. The molecule has 1 aromatic carbocycles. The molecular formula is C12H13ClF3N. The van der Waals surface area contributed by atoms with Gasteiger partial charge in [-0.1, -0.05) is 17.7 Å². The lowest BCUT2D eigenvalue weighted by Gasteiger charge is -2.18. The van der Waals surface area contributed by atoms with Crippen molar-refractivity contribution in [3.63, 3.8) is 0 Å². The van der Waals surface area contributed by atoms with Crippen LogP contribution in [0.15, 0.2) is 18.2 Å². The molecular weight excluding hydrogens is 251 g/mol. The van der Waals surface area contributed by atoms with Crippen LogP contribution in [0.4, 0.5) is 13.2 Å². The minimum Gasteiger partial charge on any atom is -0.330 e. The summed E-state index contributed by atoms with van der Waals surface area (Å²) >= 11 is 5.89. The van der Waals surface area contributed by atoms with Crippen molar-refractivity contribution in [2.24, 2.45) is 11.1 Å². The van der Waals surface area contributed by atoms with E-state index in [4.69, 9.17) is 17.3 Å². The first-order valence-electron chi connectivity index (χ1n) is 5.43. The molecule has 1 fully saturated rings. The van der Waals surface area contributed by atoms with E-state index in [-0.39, 0.29) is 16.0 Å². The lowest BCUT2D eigenvalue weighted by Crippen LogP contribution is -2.20. The van der Waals surface area contributed by atoms with E-state index in [0.29, 0.717) is 13.0 Å². The van der Waals surface area contributed by atoms with Gasteiger partial charge in [-0.25, -0.2) is 0 Å². The molecule has 2 rings (SSSR count). The van der Waals surface area contributed by atoms with E-state index < -0.39 is 11.7 Å². The maximum Gasteiger partial charge on any atom is 0.416 e. The summed E-state index contributed by atoms with van der Waals surface area (Å²) in [4.78, 5) is 0. The molecule has 2 N–H and O–H groups in total. The van der Waals surface area contributed by atoms with Crippen molar-refractivity contribution in [1.29, 1.82) is 0 Å². The molecule has 5 heteroatoms. The highest BCUT2D eigenvalue weighted by Crippen LogP contribution is 2.49. The molecule has 94 valence electrons. The molecule has 0 saturated heterocycles. The smallest absolute Gasteiger partial charge is 0.330 e. The molecule has 1 aliphatic carbocycles. The third-order valence-electron chi connectivity index (χ3n) is 3.37. The van der Waals surface area contributed by atoms with Crippen molar-refractivity contribution in [1.82, 2.24) is 0 Å². The highest BCUT2D eigenvalue weighted by molar-refractivity contribution is 6.31. The Bertz CT molecular complexity index is 424. The molecule has 0 unspecified atom stereocenters. The van der Waals surface area contributed by atoms with Crippen LogP contribution in [-0.4, -0.2) is 6.54 Å². The number of hydrogen-bond donors (Lipinski definition) is 1. The maximum absolute atomic E-state index is 12.8. The quantitative estimate of drug-likeness (QED) is 0.885. The summed E-state index contributed by atoms with van der Waals surface area (Å²) < 4.78 is 38.5. The zero-order valence-corrected chi connectivity index (χ0v) is 9.91. The summed E-state index contributed by atoms with van der Waals surface area (Å²) in [6.07, 6.45) is -2.28. The monoisotopic (exact) mass is 263 g/mol. The second-order valence-corrected chi connectivity index (χ2v) is 5.05. The Morgan fingerprint density at radius 2 is 1.94 bits per heavy atom. The SMILES string of the molecule is NCC1(Cc2c(Cl)cccc2C(F)(F)F)CC1. The zero-order chi connectivity index (χ0) is 12.7. The molecule has 1 aromatic rings. The number of halogens is 4. The molecule has 0 radical (unpaired) electrons. The first-order chi connectivity index (χ1) is 7.88. The number of alkyl halides is 3. The standard InChI is InChI=1S/C12H13ClF3N/c13-10-3-1-2-9(12(14,15)16)8(10)6-11(7-17)4-5-11/h1-3H,4-7,17H2. The van der Waals surface area contributed by atoms with Crippen LogP contribution in [0.5, 0.6) is 0 Å². The summed E-state index contributed by atoms with van der Waals surface area (Å²) in [5.41, 5.74) is 4.99. The third kappa shape index (κ3) is 2.58. The molecule has 1 saturated carbocycles. The second-order valence-electron chi connectivity index (χ2n) is 4.64. The Morgan fingerprint density at radius 1 is 1.29 bits per heavy atom. The van der Waals surface area contributed by atoms with Crippen LogP contribution in [0.1, 0.15) is 24.0 Å². The van der Waals surface area contributed by atoms with Gasteiger partial charge in [0.25, 0.3) is 0 Å². The Kier molecular flexibility index (Phi) is 3.12. The Labute approximate surface area is 103 Å². The Morgan fingerprint density at radius 3 is 2.41 bits per heavy atom. The number of rotatable bonds is 3. The number of hydrogen-bond acceptors (Lipinski definition) is 1. The van der Waals surface area contributed by atoms with Gasteiger partial charge in [-0.15, -0.1) is 0 Å². The summed E-state index contributed by atoms with van der Waals surface area (Å²) in [5, 5.41) is 0.180. The number of nitrogens with two attached hydrogens (primary N) is 1. The van der Waals surface area contributed by atoms with Crippen LogP contribution in [0.2, 0.25) is 5.02 Å². The largest absolute Gasteiger partial charge is 0.416 e. The minimum atomic E-state index is -4.36. The molecule has 1 aliphatic rings. The van der Waals surface area contributed by atoms with Crippen molar-refractivity contribution >= 4 is 11.6 Å². The van der Waals surface area contributed by atoms with E-state index in [1.54, 1.807) is 0 Å². The summed E-state index contributed by atoms with van der Waals surface area (Å²) in [6.45, 7) is 0.412. The van der Waals surface area contributed by atoms with Crippen LogP contribution in [0.3, 0.4) is 0 Å². The van der Waals surface area contributed by atoms with Gasteiger partial charge in [-0.2, -0.15) is 13.2 Å². The van der Waals surface area contributed by atoms with Crippen molar-refractivity contribution < 1.29 is 13.2 Å². The van der Waals surface area contributed by atoms with Gasteiger partial charge < -0.3 is 5.73 Å². The van der Waals surface area contributed by atoms with Gasteiger partial charge in [0.15, 0.2) is 0 Å². The predicted molar refractivity (Wildman–Crippen MR) is 60.9 cm³/mol. The fourth-order valence-electron chi connectivity index (χ4n) is 2.01. The summed E-state index contributed by atoms with van der Waals surface area (Å²) in [7, 11) is 0. The van der Waals surface area contributed by atoms with Gasteiger partial charge in [-0.05, 0) is 48.9 Å². The highest BCUT2D eigenvalue weighted by atomic mass is 35.5. The van der Waals surface area contributed by atoms with Crippen molar-refractivity contribution in [2.75, 3.05) is 6.54 Å². The molecule has 0 heterocycles. The molecule has 0 bridgehead atoms. The van der Waals surface area contributed by atoms with Crippen LogP contribution in [-0.2, 0) is 12.6 Å². The predicted octanol–water partition coefficient (Wildman–Crippen LogP) is 3.64. The molecule has 1 nitrogen and oxygen atoms in total. The van der Waals surface area contributed by atoms with E-state index in [9.17, 15) is 13.2 Å². The number of benzene rings is 1. The minimum absolute atomic E-state index is 0.162. The molecule has 0 amide bonds. The van der Waals surface area contributed by atoms with Crippen LogP contribution in [0, 0.1) is 5.41 Å². The molecule has 17 heavy (non-hydrogen) atoms. The van der Waals surface area contributed by atoms with Gasteiger partial charge in [-0.3, -0.25) is 0 Å². The topological polar surface area (TPSA) is 26.0 Å². The van der Waals surface area contributed by atoms with Gasteiger partial charge >= 0.3 is 6.18 Å². The zero-order valence-electron chi connectivity index (χ0n) is 9.15. The fraction of sp³-hybridized carbons (Fsp3) is 0.500. The second kappa shape index (κ2) is 4.18. The summed E-state index contributed by atoms with van der Waals surface area (Å²) in [5.74, 6) is 0. The normalized spacial score (nSPS) is 18.2. The van der Waals surface area contributed by atoms with Crippen LogP contribution in [0.25, 0.3) is 0 Å². The van der Waals surface area contributed by atoms with Gasteiger partial charge in [0, 0.05) is 5.02 Å². The van der Waals surface area contributed by atoms with Gasteiger partial charge in [0.1, 0.15) is 0 Å². The molecule has 0 aromatic heterocycles. The highest BCUT2D eigenvalue weighted by Gasteiger charge is 2.44. The van der Waals surface area contributed by atoms with Gasteiger partial charge in [0.2, 0.25) is 0 Å². The molecule has 0 spiro atoms. The van der Waals surface area contributed by atoms with E-state index in [1.165, 1.54) is 12.1 Å². The van der Waals surface area contributed by atoms with E-state index in [2.05, 4.69) is 0 Å². The molecule has 0 atom stereocenters. The average Bonchev–Trinajstić information content (AvgIpc) is 3.00. The maximum atomic E-state index is 12.8. The van der Waals surface area contributed by atoms with E-state index >= 15 is 0 Å². The lowest BCUT2D eigenvalue weighted by molar-refractivity contribution is -0.138. The average molecular weight is 264 g/mol.